The zero-order valence-electron chi connectivity index (χ0n) is 68.5. The first-order valence-electron chi connectivity index (χ1n) is 43.9. The second-order valence-corrected chi connectivity index (χ2v) is 34.7. The Kier molecular flexibility index (Phi) is 73.7. The Morgan fingerprint density at radius 2 is 0.490 bits per heavy atom. The molecule has 3 unspecified atom stereocenters. The molecule has 104 heavy (non-hydrogen) atoms. The van der Waals surface area contributed by atoms with Gasteiger partial charge in [-0.25, -0.2) is 9.13 Å². The predicted molar refractivity (Wildman–Crippen MR) is 428 cm³/mol. The number of hydrogen-bond donors (Lipinski definition) is 3. The van der Waals surface area contributed by atoms with E-state index < -0.39 is 97.5 Å². The van der Waals surface area contributed by atoms with Crippen LogP contribution in [0.3, 0.4) is 0 Å². The third kappa shape index (κ3) is 76.8. The molecule has 0 aromatic heterocycles. The molecule has 0 fully saturated rings. The summed E-state index contributed by atoms with van der Waals surface area (Å²) in [4.78, 5) is 73.2. The lowest BCUT2D eigenvalue weighted by molar-refractivity contribution is -0.161. The number of unbranched alkanes of at least 4 members (excludes halogenated alkanes) is 50. The minimum absolute atomic E-state index is 0.106. The SMILES string of the molecule is CCCCCCCCCCCCCCCCCCCCCCCCC(=O)O[C@H](COC(=O)CCCCCCCCCCCCCCCCC(C)C)COP(=O)(O)OC[C@@H](O)COP(=O)(O)OC[C@@H](COC(=O)CCCCCCCCC(C)CC)OC(=O)CCCCCCCCCCCCCCC(C)C. The zero-order chi connectivity index (χ0) is 76.5. The fraction of sp³-hybridized carbons (Fsp3) is 0.953. The first-order chi connectivity index (χ1) is 50.3. The zero-order valence-corrected chi connectivity index (χ0v) is 70.3. The van der Waals surface area contributed by atoms with Crippen LogP contribution < -0.4 is 0 Å². The van der Waals surface area contributed by atoms with Gasteiger partial charge in [-0.3, -0.25) is 37.3 Å². The van der Waals surface area contributed by atoms with Gasteiger partial charge in [-0.05, 0) is 43.4 Å². The third-order valence-corrected chi connectivity index (χ3v) is 22.1. The van der Waals surface area contributed by atoms with Crippen LogP contribution in [0.5, 0.6) is 0 Å². The molecule has 0 aromatic rings. The summed E-state index contributed by atoms with van der Waals surface area (Å²) in [5, 5.41) is 10.7. The van der Waals surface area contributed by atoms with E-state index in [1.807, 2.05) is 0 Å². The highest BCUT2D eigenvalue weighted by Gasteiger charge is 2.30. The third-order valence-electron chi connectivity index (χ3n) is 20.2. The van der Waals surface area contributed by atoms with E-state index in [-0.39, 0.29) is 25.7 Å². The second-order valence-electron chi connectivity index (χ2n) is 31.8. The van der Waals surface area contributed by atoms with Crippen LogP contribution in [0.2, 0.25) is 0 Å². The number of hydrogen-bond acceptors (Lipinski definition) is 15. The Balaban J connectivity index is 5.22. The Labute approximate surface area is 638 Å². The topological polar surface area (TPSA) is 237 Å². The van der Waals surface area contributed by atoms with Crippen molar-refractivity contribution in [3.63, 3.8) is 0 Å². The highest BCUT2D eigenvalue weighted by molar-refractivity contribution is 7.47. The fourth-order valence-electron chi connectivity index (χ4n) is 13.2. The molecule has 0 aliphatic rings. The van der Waals surface area contributed by atoms with Crippen molar-refractivity contribution in [1.29, 1.82) is 0 Å². The molecule has 0 amide bonds. The maximum Gasteiger partial charge on any atom is 0.472 e. The summed E-state index contributed by atoms with van der Waals surface area (Å²) in [6, 6.07) is 0. The minimum Gasteiger partial charge on any atom is -0.462 e. The van der Waals surface area contributed by atoms with E-state index in [1.54, 1.807) is 0 Å². The molecule has 0 heterocycles. The van der Waals surface area contributed by atoms with Crippen molar-refractivity contribution in [3.8, 4) is 0 Å². The van der Waals surface area contributed by atoms with Gasteiger partial charge in [0.25, 0.3) is 0 Å². The van der Waals surface area contributed by atoms with Crippen LogP contribution in [0.1, 0.15) is 447 Å². The van der Waals surface area contributed by atoms with Crippen molar-refractivity contribution in [2.24, 2.45) is 17.8 Å². The summed E-state index contributed by atoms with van der Waals surface area (Å²) in [6.45, 7) is 12.0. The summed E-state index contributed by atoms with van der Waals surface area (Å²) >= 11 is 0. The number of esters is 4. The maximum atomic E-state index is 13.1. The number of phosphoric ester groups is 2. The molecular weight excluding hydrogens is 1350 g/mol. The summed E-state index contributed by atoms with van der Waals surface area (Å²) < 4.78 is 68.8. The highest BCUT2D eigenvalue weighted by Crippen LogP contribution is 2.45. The standard InChI is InChI=1S/C85H166O17P2/c1-8-10-11-12-13-14-15-16-17-18-19-20-21-22-23-24-29-35-40-45-54-61-68-84(89)101-80(72-95-82(87)66-59-52-44-39-34-28-26-25-27-32-37-42-49-56-63-76(3)4)74-99-103(91,92)97-70-79(86)71-98-104(93,94)100-75-81(73-96-83(88)67-60-53-48-47-51-58-65-78(7)9-2)102-85(90)69-62-55-46-41-36-31-30-33-38-43-50-57-64-77(5)6/h76-81,86H,8-75H2,1-7H3,(H,91,92)(H,93,94)/t78?,79-,80-,81-/m1/s1. The lowest BCUT2D eigenvalue weighted by atomic mass is 10.00. The smallest absolute Gasteiger partial charge is 0.462 e. The van der Waals surface area contributed by atoms with Gasteiger partial charge < -0.3 is 33.8 Å². The van der Waals surface area contributed by atoms with Gasteiger partial charge in [-0.2, -0.15) is 0 Å². The van der Waals surface area contributed by atoms with Crippen molar-refractivity contribution in [3.05, 3.63) is 0 Å². The summed E-state index contributed by atoms with van der Waals surface area (Å²) in [5.41, 5.74) is 0. The Morgan fingerprint density at radius 1 is 0.279 bits per heavy atom. The van der Waals surface area contributed by atoms with Crippen LogP contribution in [-0.4, -0.2) is 96.7 Å². The van der Waals surface area contributed by atoms with Gasteiger partial charge in [0.2, 0.25) is 0 Å². The van der Waals surface area contributed by atoms with Crippen molar-refractivity contribution >= 4 is 39.5 Å². The molecule has 0 rings (SSSR count). The van der Waals surface area contributed by atoms with E-state index >= 15 is 0 Å². The molecule has 19 heteroatoms. The minimum atomic E-state index is -4.97. The molecule has 0 saturated heterocycles. The second kappa shape index (κ2) is 75.1. The first kappa shape index (κ1) is 102. The Hall–Kier alpha value is -1.94. The van der Waals surface area contributed by atoms with Crippen LogP contribution in [0, 0.1) is 17.8 Å². The number of ether oxygens (including phenoxy) is 4. The van der Waals surface area contributed by atoms with Crippen molar-refractivity contribution in [1.82, 2.24) is 0 Å². The first-order valence-corrected chi connectivity index (χ1v) is 46.9. The van der Waals surface area contributed by atoms with Crippen LogP contribution in [0.4, 0.5) is 0 Å². The number of aliphatic hydroxyl groups is 1. The number of carbonyl (C=O) groups excluding carboxylic acids is 4. The molecule has 0 aromatic carbocycles. The number of phosphoric acid groups is 2. The molecule has 3 N–H and O–H groups in total. The molecule has 618 valence electrons. The van der Waals surface area contributed by atoms with Gasteiger partial charge in [-0.15, -0.1) is 0 Å². The van der Waals surface area contributed by atoms with Crippen LogP contribution in [0.15, 0.2) is 0 Å². The number of rotatable bonds is 83. The summed E-state index contributed by atoms with van der Waals surface area (Å²) in [5.74, 6) is 0.198. The lowest BCUT2D eigenvalue weighted by Crippen LogP contribution is -2.30. The number of aliphatic hydroxyl groups excluding tert-OH is 1. The van der Waals surface area contributed by atoms with Crippen LogP contribution in [-0.2, 0) is 65.4 Å². The van der Waals surface area contributed by atoms with Crippen LogP contribution >= 0.6 is 15.6 Å². The van der Waals surface area contributed by atoms with E-state index in [0.29, 0.717) is 25.7 Å². The van der Waals surface area contributed by atoms with E-state index in [1.165, 1.54) is 250 Å². The van der Waals surface area contributed by atoms with E-state index in [2.05, 4.69) is 48.5 Å². The van der Waals surface area contributed by atoms with Crippen molar-refractivity contribution in [2.45, 2.75) is 465 Å². The Morgan fingerprint density at radius 3 is 0.731 bits per heavy atom. The molecular formula is C85H166O17P2. The molecule has 0 saturated carbocycles. The van der Waals surface area contributed by atoms with Gasteiger partial charge in [0.1, 0.15) is 19.3 Å². The van der Waals surface area contributed by atoms with Crippen molar-refractivity contribution < 1.29 is 80.2 Å². The maximum absolute atomic E-state index is 13.1. The molecule has 0 radical (unpaired) electrons. The van der Waals surface area contributed by atoms with Gasteiger partial charge in [0.05, 0.1) is 26.4 Å². The van der Waals surface area contributed by atoms with Crippen LogP contribution in [0.25, 0.3) is 0 Å². The molecule has 17 nitrogen and oxygen atoms in total. The van der Waals surface area contributed by atoms with E-state index in [9.17, 15) is 43.2 Å². The van der Waals surface area contributed by atoms with Gasteiger partial charge in [0.15, 0.2) is 12.2 Å². The largest absolute Gasteiger partial charge is 0.472 e. The molecule has 0 aliphatic carbocycles. The van der Waals surface area contributed by atoms with E-state index in [4.69, 9.17) is 37.0 Å². The van der Waals surface area contributed by atoms with Gasteiger partial charge in [-0.1, -0.05) is 395 Å². The molecule has 0 aliphatic heterocycles. The quantitative estimate of drug-likeness (QED) is 0.0222. The van der Waals surface area contributed by atoms with Gasteiger partial charge >= 0.3 is 39.5 Å². The monoisotopic (exact) mass is 1520 g/mol. The molecule has 6 atom stereocenters. The fourth-order valence-corrected chi connectivity index (χ4v) is 14.7. The highest BCUT2D eigenvalue weighted by atomic mass is 31.2. The Bertz CT molecular complexity index is 2010. The predicted octanol–water partition coefficient (Wildman–Crippen LogP) is 25.7. The van der Waals surface area contributed by atoms with E-state index in [0.717, 1.165) is 114 Å². The summed E-state index contributed by atoms with van der Waals surface area (Å²) in [7, 11) is -9.93. The van der Waals surface area contributed by atoms with Crippen molar-refractivity contribution in [2.75, 3.05) is 39.6 Å². The normalized spacial score (nSPS) is 14.2. The molecule has 0 bridgehead atoms. The molecule has 0 spiro atoms. The lowest BCUT2D eigenvalue weighted by Gasteiger charge is -2.21. The average Bonchev–Trinajstić information content (AvgIpc) is 0.903. The average molecular weight is 1520 g/mol. The van der Waals surface area contributed by atoms with Gasteiger partial charge in [0, 0.05) is 25.7 Å². The number of carbonyl (C=O) groups is 4. The summed E-state index contributed by atoms with van der Waals surface area (Å²) in [6.07, 6.45) is 65.4.